The minimum absolute atomic E-state index is 0.168. The van der Waals surface area contributed by atoms with Crippen molar-refractivity contribution in [3.8, 4) is 11.3 Å². The Kier molecular flexibility index (Phi) is 7.29. The van der Waals surface area contributed by atoms with Crippen LogP contribution in [0.5, 0.6) is 0 Å². The molecule has 0 atom stereocenters. The van der Waals surface area contributed by atoms with Crippen LogP contribution in [0, 0.1) is 0 Å². The summed E-state index contributed by atoms with van der Waals surface area (Å²) >= 11 is 9.99. The number of fused-ring (bicyclic) bond motifs is 2. The molecule has 2 aromatic heterocycles. The fraction of sp³-hybridized carbons (Fsp3) is 0.0667. The predicted molar refractivity (Wildman–Crippen MR) is 163 cm³/mol. The summed E-state index contributed by atoms with van der Waals surface area (Å²) < 4.78 is 31.6. The first kappa shape index (κ1) is 26.5. The number of hydrogen-bond acceptors (Lipinski definition) is 5. The van der Waals surface area contributed by atoms with Crippen LogP contribution in [0.3, 0.4) is 0 Å². The Bertz CT molecular complexity index is 1970. The number of hydrogen-bond donors (Lipinski definition) is 2. The summed E-state index contributed by atoms with van der Waals surface area (Å²) in [6, 6.07) is 30.0. The zero-order chi connectivity index (χ0) is 27.7. The van der Waals surface area contributed by atoms with E-state index in [0.29, 0.717) is 22.6 Å². The number of nitrogens with zero attached hydrogens (tertiary/aromatic N) is 3. The van der Waals surface area contributed by atoms with Gasteiger partial charge in [0, 0.05) is 35.1 Å². The summed E-state index contributed by atoms with van der Waals surface area (Å²) in [5.74, 6) is 0.743. The van der Waals surface area contributed by atoms with Crippen LogP contribution in [0.2, 0.25) is 5.02 Å². The molecule has 6 aromatic rings. The Morgan fingerprint density at radius 3 is 2.42 bits per heavy atom. The first-order valence-corrected chi connectivity index (χ1v) is 15.1. The molecule has 0 aliphatic carbocycles. The van der Waals surface area contributed by atoms with E-state index in [2.05, 4.69) is 31.1 Å². The zero-order valence-electron chi connectivity index (χ0n) is 21.1. The van der Waals surface area contributed by atoms with Gasteiger partial charge >= 0.3 is 0 Å². The third kappa shape index (κ3) is 5.33. The SMILES string of the molecule is O=S(=O)(NCc1cccc(CNc2cc(-c3ccccc3Cl)nc3c(Br)cnn23)c1)c1cccc2ccccc12. The van der Waals surface area contributed by atoms with Gasteiger partial charge in [0.15, 0.2) is 5.65 Å². The van der Waals surface area contributed by atoms with E-state index in [1.165, 1.54) is 0 Å². The van der Waals surface area contributed by atoms with Gasteiger partial charge < -0.3 is 5.32 Å². The standard InChI is InChI=1S/C30H23BrClN5O2S/c31-25-19-34-37-29(16-27(36-30(25)37)24-12-3-4-13-26(24)32)33-17-20-7-5-8-21(15-20)18-35-40(38,39)28-14-6-10-22-9-1-2-11-23(22)28/h1-16,19,33,35H,17-18H2. The molecule has 0 spiro atoms. The van der Waals surface area contributed by atoms with Crippen molar-refractivity contribution >= 4 is 59.8 Å². The van der Waals surface area contributed by atoms with E-state index in [1.807, 2.05) is 84.9 Å². The molecule has 0 fully saturated rings. The van der Waals surface area contributed by atoms with Crippen LogP contribution in [0.25, 0.3) is 27.7 Å². The van der Waals surface area contributed by atoms with Gasteiger partial charge in [0.1, 0.15) is 5.82 Å². The Morgan fingerprint density at radius 2 is 1.57 bits per heavy atom. The van der Waals surface area contributed by atoms with E-state index < -0.39 is 10.0 Å². The smallest absolute Gasteiger partial charge is 0.241 e. The van der Waals surface area contributed by atoms with Crippen LogP contribution in [0.15, 0.2) is 113 Å². The summed E-state index contributed by atoms with van der Waals surface area (Å²) in [4.78, 5) is 5.02. The van der Waals surface area contributed by atoms with E-state index in [9.17, 15) is 8.42 Å². The monoisotopic (exact) mass is 631 g/mol. The van der Waals surface area contributed by atoms with Crippen LogP contribution in [0.1, 0.15) is 11.1 Å². The van der Waals surface area contributed by atoms with Gasteiger partial charge in [0.2, 0.25) is 10.0 Å². The van der Waals surface area contributed by atoms with Gasteiger partial charge in [-0.1, -0.05) is 90.5 Å². The normalized spacial score (nSPS) is 11.8. The average Bonchev–Trinajstić information content (AvgIpc) is 3.35. The highest BCUT2D eigenvalue weighted by Gasteiger charge is 2.17. The van der Waals surface area contributed by atoms with E-state index in [-0.39, 0.29) is 11.4 Å². The van der Waals surface area contributed by atoms with Crippen molar-refractivity contribution in [2.75, 3.05) is 5.32 Å². The number of benzene rings is 4. The van der Waals surface area contributed by atoms with Crippen LogP contribution >= 0.6 is 27.5 Å². The molecule has 40 heavy (non-hydrogen) atoms. The molecule has 0 saturated heterocycles. The van der Waals surface area contributed by atoms with E-state index >= 15 is 0 Å². The highest BCUT2D eigenvalue weighted by atomic mass is 79.9. The zero-order valence-corrected chi connectivity index (χ0v) is 24.2. The van der Waals surface area contributed by atoms with Gasteiger partial charge in [-0.3, -0.25) is 0 Å². The second kappa shape index (κ2) is 11.0. The highest BCUT2D eigenvalue weighted by Crippen LogP contribution is 2.30. The lowest BCUT2D eigenvalue weighted by atomic mass is 10.1. The van der Waals surface area contributed by atoms with Crippen molar-refractivity contribution in [3.63, 3.8) is 0 Å². The fourth-order valence-electron chi connectivity index (χ4n) is 4.60. The van der Waals surface area contributed by atoms with Crippen molar-refractivity contribution in [2.24, 2.45) is 0 Å². The van der Waals surface area contributed by atoms with Gasteiger partial charge in [-0.15, -0.1) is 0 Å². The molecule has 0 bridgehead atoms. The van der Waals surface area contributed by atoms with Gasteiger partial charge in [0.25, 0.3) is 0 Å². The van der Waals surface area contributed by atoms with Gasteiger partial charge in [-0.25, -0.2) is 18.1 Å². The van der Waals surface area contributed by atoms with Crippen molar-refractivity contribution in [1.29, 1.82) is 0 Å². The fourth-order valence-corrected chi connectivity index (χ4v) is 6.42. The topological polar surface area (TPSA) is 88.4 Å². The third-order valence-electron chi connectivity index (χ3n) is 6.55. The number of anilines is 1. The maximum absolute atomic E-state index is 13.2. The number of nitrogens with one attached hydrogen (secondary N) is 2. The predicted octanol–water partition coefficient (Wildman–Crippen LogP) is 7.06. The van der Waals surface area contributed by atoms with E-state index in [1.54, 1.807) is 22.8 Å². The lowest BCUT2D eigenvalue weighted by molar-refractivity contribution is 0.582. The Hall–Kier alpha value is -3.76. The lowest BCUT2D eigenvalue weighted by Crippen LogP contribution is -2.23. The molecule has 200 valence electrons. The van der Waals surface area contributed by atoms with Crippen molar-refractivity contribution in [2.45, 2.75) is 18.0 Å². The molecule has 0 radical (unpaired) electrons. The molecule has 0 unspecified atom stereocenters. The van der Waals surface area contributed by atoms with Crippen LogP contribution in [0.4, 0.5) is 5.82 Å². The number of aromatic nitrogens is 3. The van der Waals surface area contributed by atoms with E-state index in [4.69, 9.17) is 16.6 Å². The van der Waals surface area contributed by atoms with Crippen molar-refractivity contribution in [1.82, 2.24) is 19.3 Å². The molecule has 6 rings (SSSR count). The third-order valence-corrected chi connectivity index (χ3v) is 8.90. The van der Waals surface area contributed by atoms with Crippen molar-refractivity contribution in [3.05, 3.63) is 124 Å². The minimum Gasteiger partial charge on any atom is -0.366 e. The summed E-state index contributed by atoms with van der Waals surface area (Å²) in [6.07, 6.45) is 1.70. The largest absolute Gasteiger partial charge is 0.366 e. The maximum atomic E-state index is 13.2. The number of halogens is 2. The van der Waals surface area contributed by atoms with Crippen LogP contribution in [-0.4, -0.2) is 23.0 Å². The summed E-state index contributed by atoms with van der Waals surface area (Å²) in [6.45, 7) is 0.657. The molecule has 2 N–H and O–H groups in total. The highest BCUT2D eigenvalue weighted by molar-refractivity contribution is 9.10. The molecule has 0 saturated carbocycles. The summed E-state index contributed by atoms with van der Waals surface area (Å²) in [5, 5.41) is 10.1. The Morgan fingerprint density at radius 1 is 0.850 bits per heavy atom. The molecule has 0 amide bonds. The maximum Gasteiger partial charge on any atom is 0.241 e. The first-order valence-electron chi connectivity index (χ1n) is 12.5. The second-order valence-corrected chi connectivity index (χ2v) is 12.2. The Labute approximate surface area is 245 Å². The molecular formula is C30H23BrClN5O2S. The summed E-state index contributed by atoms with van der Waals surface area (Å²) in [5.41, 5.74) is 4.04. The first-order chi connectivity index (χ1) is 19.4. The minimum atomic E-state index is -3.71. The number of rotatable bonds is 8. The lowest BCUT2D eigenvalue weighted by Gasteiger charge is -2.13. The average molecular weight is 633 g/mol. The number of sulfonamides is 1. The van der Waals surface area contributed by atoms with E-state index in [0.717, 1.165) is 38.1 Å². The second-order valence-electron chi connectivity index (χ2n) is 9.21. The van der Waals surface area contributed by atoms with Crippen LogP contribution in [-0.2, 0) is 23.1 Å². The molecule has 10 heteroatoms. The molecule has 2 heterocycles. The molecule has 4 aromatic carbocycles. The molecular weight excluding hydrogens is 610 g/mol. The quantitative estimate of drug-likeness (QED) is 0.188. The van der Waals surface area contributed by atoms with Crippen molar-refractivity contribution < 1.29 is 8.42 Å². The summed E-state index contributed by atoms with van der Waals surface area (Å²) in [7, 11) is -3.71. The van der Waals surface area contributed by atoms with Gasteiger partial charge in [0.05, 0.1) is 21.3 Å². The Balaban J connectivity index is 1.22. The molecule has 0 aliphatic heterocycles. The molecule has 7 nitrogen and oxygen atoms in total. The van der Waals surface area contributed by atoms with Gasteiger partial charge in [-0.05, 0) is 44.6 Å². The van der Waals surface area contributed by atoms with Crippen LogP contribution < -0.4 is 10.0 Å². The molecule has 0 aliphatic rings. The van der Waals surface area contributed by atoms with Gasteiger partial charge in [-0.2, -0.15) is 9.61 Å².